The number of nitrogens with one attached hydrogen (secondary N) is 1. The van der Waals surface area contributed by atoms with Crippen molar-refractivity contribution >= 4 is 28.3 Å². The first-order chi connectivity index (χ1) is 11.1. The van der Waals surface area contributed by atoms with Gasteiger partial charge in [0.05, 0.1) is 5.41 Å². The van der Waals surface area contributed by atoms with Gasteiger partial charge in [0.2, 0.25) is 5.91 Å². The predicted octanol–water partition coefficient (Wildman–Crippen LogP) is 4.47. The topological polar surface area (TPSA) is 32.3 Å². The second kappa shape index (κ2) is 5.63. The maximum atomic E-state index is 13.7. The summed E-state index contributed by atoms with van der Waals surface area (Å²) in [4.78, 5) is 11.9. The van der Waals surface area contributed by atoms with Crippen LogP contribution < -0.4 is 5.43 Å². The van der Waals surface area contributed by atoms with Gasteiger partial charge in [-0.3, -0.25) is 10.2 Å². The summed E-state index contributed by atoms with van der Waals surface area (Å²) in [5.74, 6) is -0.416. The Labute approximate surface area is 142 Å². The van der Waals surface area contributed by atoms with Gasteiger partial charge >= 0.3 is 6.18 Å². The van der Waals surface area contributed by atoms with Gasteiger partial charge < -0.3 is 0 Å². The zero-order valence-corrected chi connectivity index (χ0v) is 13.9. The number of nitrogens with zero attached hydrogens (tertiary/aromatic N) is 1. The van der Waals surface area contributed by atoms with Crippen molar-refractivity contribution in [3.05, 3.63) is 47.0 Å². The molecule has 0 saturated carbocycles. The molecule has 1 aliphatic heterocycles. The molecule has 1 saturated heterocycles. The minimum absolute atomic E-state index is 0.0242. The van der Waals surface area contributed by atoms with E-state index in [9.17, 15) is 18.0 Å². The molecule has 1 amide bonds. The number of carbonyl (C=O) groups is 1. The average Bonchev–Trinajstić information content (AvgIpc) is 2.71. The molecular weight excluding hydrogens is 341 g/mol. The Balaban J connectivity index is 2.06. The van der Waals surface area contributed by atoms with Crippen molar-refractivity contribution in [1.82, 2.24) is 10.4 Å². The lowest BCUT2D eigenvalue weighted by molar-refractivity contribution is -0.191. The molecule has 2 aromatic carbocycles. The summed E-state index contributed by atoms with van der Waals surface area (Å²) in [6, 6.07) is 7.64. The smallest absolute Gasteiger partial charge is 0.287 e. The first-order valence-corrected chi connectivity index (χ1v) is 7.80. The Morgan fingerprint density at radius 2 is 1.96 bits per heavy atom. The molecule has 1 aliphatic rings. The molecule has 7 heteroatoms. The molecule has 2 aromatic rings. The lowest BCUT2D eigenvalue weighted by atomic mass is 9.93. The summed E-state index contributed by atoms with van der Waals surface area (Å²) in [7, 11) is 0. The Kier molecular flexibility index (Phi) is 4.00. The van der Waals surface area contributed by atoms with Crippen molar-refractivity contribution in [1.29, 1.82) is 0 Å². The number of benzene rings is 2. The second-order valence-corrected chi connectivity index (χ2v) is 7.02. The normalized spacial score (nSPS) is 19.5. The maximum absolute atomic E-state index is 13.7. The number of halogens is 4. The van der Waals surface area contributed by atoms with Crippen LogP contribution in [0.1, 0.15) is 25.5 Å². The molecule has 0 spiro atoms. The van der Waals surface area contributed by atoms with Crippen LogP contribution in [0.4, 0.5) is 13.2 Å². The van der Waals surface area contributed by atoms with E-state index in [0.717, 1.165) is 5.01 Å². The van der Waals surface area contributed by atoms with Crippen LogP contribution in [0.5, 0.6) is 0 Å². The summed E-state index contributed by atoms with van der Waals surface area (Å²) >= 11 is 6.07. The highest BCUT2D eigenvalue weighted by Gasteiger charge is 2.51. The quantitative estimate of drug-likeness (QED) is 0.861. The first-order valence-electron chi connectivity index (χ1n) is 7.42. The molecule has 128 valence electrons. The van der Waals surface area contributed by atoms with Crippen LogP contribution in [0.25, 0.3) is 10.8 Å². The molecule has 1 unspecified atom stereocenters. The monoisotopic (exact) mass is 356 g/mol. The van der Waals surface area contributed by atoms with E-state index in [1.54, 1.807) is 38.1 Å². The van der Waals surface area contributed by atoms with Gasteiger partial charge in [-0.1, -0.05) is 35.9 Å². The minimum Gasteiger partial charge on any atom is -0.287 e. The van der Waals surface area contributed by atoms with E-state index < -0.39 is 23.5 Å². The van der Waals surface area contributed by atoms with Gasteiger partial charge in [-0.05, 0) is 36.9 Å². The van der Waals surface area contributed by atoms with Crippen molar-refractivity contribution in [2.75, 3.05) is 6.54 Å². The van der Waals surface area contributed by atoms with E-state index in [4.69, 9.17) is 11.6 Å². The molecule has 3 nitrogen and oxygen atoms in total. The van der Waals surface area contributed by atoms with E-state index in [2.05, 4.69) is 5.43 Å². The lowest BCUT2D eigenvalue weighted by Gasteiger charge is -2.30. The van der Waals surface area contributed by atoms with Gasteiger partial charge in [0.1, 0.15) is 6.04 Å². The summed E-state index contributed by atoms with van der Waals surface area (Å²) < 4.78 is 41.1. The summed E-state index contributed by atoms with van der Waals surface area (Å²) in [5.41, 5.74) is 1.55. The van der Waals surface area contributed by atoms with Crippen molar-refractivity contribution in [2.45, 2.75) is 26.1 Å². The van der Waals surface area contributed by atoms with Crippen LogP contribution >= 0.6 is 11.6 Å². The zero-order chi connectivity index (χ0) is 17.7. The molecule has 0 aromatic heterocycles. The number of hydrazine groups is 1. The third kappa shape index (κ3) is 2.96. The summed E-state index contributed by atoms with van der Waals surface area (Å²) in [5, 5.41) is 2.76. The van der Waals surface area contributed by atoms with Crippen LogP contribution in [-0.4, -0.2) is 23.6 Å². The van der Waals surface area contributed by atoms with Crippen LogP contribution in [0.3, 0.4) is 0 Å². The molecular formula is C17H16ClF3N2O. The lowest BCUT2D eigenvalue weighted by Crippen LogP contribution is -2.43. The third-order valence-electron chi connectivity index (χ3n) is 4.21. The standard InChI is InChI=1S/C17H16ClF3N2O/c1-16(2)9-23(22-15(16)24)14(17(19,20)21)11-6-7-12-10(8-11)4-3-5-13(12)18/h3-8,14H,9H2,1-2H3,(H,22,24). The highest BCUT2D eigenvalue weighted by molar-refractivity contribution is 6.35. The molecule has 3 rings (SSSR count). The summed E-state index contributed by atoms with van der Waals surface area (Å²) in [6.07, 6.45) is -4.53. The Bertz CT molecular complexity index is 804. The fraction of sp³-hybridized carbons (Fsp3) is 0.353. The zero-order valence-electron chi connectivity index (χ0n) is 13.1. The number of fused-ring (bicyclic) bond motifs is 1. The van der Waals surface area contributed by atoms with Gasteiger partial charge in [-0.15, -0.1) is 0 Å². The number of amides is 1. The highest BCUT2D eigenvalue weighted by Crippen LogP contribution is 2.41. The molecule has 0 radical (unpaired) electrons. The fourth-order valence-corrected chi connectivity index (χ4v) is 3.20. The summed E-state index contributed by atoms with van der Waals surface area (Å²) in [6.45, 7) is 3.22. The molecule has 1 atom stereocenters. The SMILES string of the molecule is CC1(C)CN(C(c2ccc3c(Cl)cccc3c2)C(F)(F)F)NC1=O. The van der Waals surface area contributed by atoms with Crippen molar-refractivity contribution in [2.24, 2.45) is 5.41 Å². The van der Waals surface area contributed by atoms with Gasteiger partial charge in [-0.25, -0.2) is 5.01 Å². The molecule has 1 N–H and O–H groups in total. The van der Waals surface area contributed by atoms with E-state index in [-0.39, 0.29) is 12.1 Å². The van der Waals surface area contributed by atoms with Crippen LogP contribution in [0.15, 0.2) is 36.4 Å². The van der Waals surface area contributed by atoms with Crippen molar-refractivity contribution in [3.63, 3.8) is 0 Å². The minimum atomic E-state index is -4.53. The molecule has 0 aliphatic carbocycles. The van der Waals surface area contributed by atoms with Crippen LogP contribution in [0, 0.1) is 5.41 Å². The maximum Gasteiger partial charge on any atom is 0.409 e. The first kappa shape index (κ1) is 17.0. The number of hydrogen-bond donors (Lipinski definition) is 1. The van der Waals surface area contributed by atoms with Gasteiger partial charge in [-0.2, -0.15) is 13.2 Å². The third-order valence-corrected chi connectivity index (χ3v) is 4.54. The molecule has 1 fully saturated rings. The predicted molar refractivity (Wildman–Crippen MR) is 86.4 cm³/mol. The number of alkyl halides is 3. The number of carbonyl (C=O) groups excluding carboxylic acids is 1. The fourth-order valence-electron chi connectivity index (χ4n) is 2.95. The van der Waals surface area contributed by atoms with Crippen LogP contribution in [-0.2, 0) is 4.79 Å². The number of hydrogen-bond acceptors (Lipinski definition) is 2. The van der Waals surface area contributed by atoms with E-state index in [1.165, 1.54) is 12.1 Å². The molecule has 0 bridgehead atoms. The largest absolute Gasteiger partial charge is 0.409 e. The Morgan fingerprint density at radius 1 is 1.25 bits per heavy atom. The van der Waals surface area contributed by atoms with Crippen molar-refractivity contribution < 1.29 is 18.0 Å². The van der Waals surface area contributed by atoms with Gasteiger partial charge in [0, 0.05) is 17.0 Å². The van der Waals surface area contributed by atoms with Gasteiger partial charge in [0.15, 0.2) is 0 Å². The van der Waals surface area contributed by atoms with Crippen LogP contribution in [0.2, 0.25) is 5.02 Å². The Morgan fingerprint density at radius 3 is 2.54 bits per heavy atom. The number of rotatable bonds is 2. The molecule has 24 heavy (non-hydrogen) atoms. The highest BCUT2D eigenvalue weighted by atomic mass is 35.5. The van der Waals surface area contributed by atoms with E-state index in [1.807, 2.05) is 0 Å². The van der Waals surface area contributed by atoms with Crippen molar-refractivity contribution in [3.8, 4) is 0 Å². The van der Waals surface area contributed by atoms with E-state index >= 15 is 0 Å². The second-order valence-electron chi connectivity index (χ2n) is 6.62. The Hall–Kier alpha value is -1.79. The average molecular weight is 357 g/mol. The molecule has 1 heterocycles. The van der Waals surface area contributed by atoms with Gasteiger partial charge in [0.25, 0.3) is 0 Å². The van der Waals surface area contributed by atoms with E-state index in [0.29, 0.717) is 15.8 Å².